The van der Waals surface area contributed by atoms with Crippen LogP contribution in [0.25, 0.3) is 5.69 Å². The largest absolute Gasteiger partial charge is 0.361 e. The molecule has 3 heterocycles. The summed E-state index contributed by atoms with van der Waals surface area (Å²) >= 11 is 6.00. The smallest absolute Gasteiger partial charge is 0.314 e. The number of anilines is 2. The molecule has 0 amide bonds. The maximum absolute atomic E-state index is 13.3. The molecule has 2 aromatic heterocycles. The first-order valence-electron chi connectivity index (χ1n) is 9.42. The Kier molecular flexibility index (Phi) is 5.49. The molecule has 1 aromatic carbocycles. The zero-order valence-corrected chi connectivity index (χ0v) is 16.9. The number of piperidine rings is 1. The predicted molar refractivity (Wildman–Crippen MR) is 111 cm³/mol. The number of aryl methyl sites for hydroxylation is 1. The number of nitro groups is 1. The van der Waals surface area contributed by atoms with Crippen molar-refractivity contribution < 1.29 is 9.31 Å². The van der Waals surface area contributed by atoms with Crippen molar-refractivity contribution in [2.75, 3.05) is 23.3 Å². The number of benzene rings is 1. The Morgan fingerprint density at radius 3 is 2.60 bits per heavy atom. The van der Waals surface area contributed by atoms with Gasteiger partial charge in [-0.05, 0) is 44.0 Å². The van der Waals surface area contributed by atoms with Gasteiger partial charge in [-0.1, -0.05) is 11.6 Å². The summed E-state index contributed by atoms with van der Waals surface area (Å²) in [4.78, 5) is 16.5. The minimum atomic E-state index is -0.737. The molecule has 1 fully saturated rings. The standard InChI is InChI=1S/C19H19ClFN7O2/c1-12-24-25-19(27(12)16-4-2-13(20)3-5-16)26-8-6-15(7-9-26)23-18-17(28(29)30)10-14(21)11-22-18/h2-5,10-11,15H,6-9H2,1H3,(H,22,23). The van der Waals surface area contributed by atoms with E-state index in [0.717, 1.165) is 29.7 Å². The molecule has 1 saturated heterocycles. The van der Waals surface area contributed by atoms with E-state index in [-0.39, 0.29) is 17.5 Å². The van der Waals surface area contributed by atoms with Gasteiger partial charge in [0.1, 0.15) is 11.6 Å². The van der Waals surface area contributed by atoms with E-state index in [1.807, 2.05) is 35.8 Å². The van der Waals surface area contributed by atoms with E-state index in [1.54, 1.807) is 0 Å². The highest BCUT2D eigenvalue weighted by Gasteiger charge is 2.26. The van der Waals surface area contributed by atoms with Crippen LogP contribution in [0, 0.1) is 22.9 Å². The molecule has 1 N–H and O–H groups in total. The number of pyridine rings is 1. The van der Waals surface area contributed by atoms with E-state index in [1.165, 1.54) is 0 Å². The maximum Gasteiger partial charge on any atom is 0.314 e. The molecule has 0 bridgehead atoms. The van der Waals surface area contributed by atoms with Crippen molar-refractivity contribution in [2.45, 2.75) is 25.8 Å². The van der Waals surface area contributed by atoms with E-state index in [9.17, 15) is 14.5 Å². The summed E-state index contributed by atoms with van der Waals surface area (Å²) in [6.07, 6.45) is 2.40. The van der Waals surface area contributed by atoms with Gasteiger partial charge < -0.3 is 10.2 Å². The lowest BCUT2D eigenvalue weighted by atomic mass is 10.1. The van der Waals surface area contributed by atoms with Crippen LogP contribution >= 0.6 is 11.6 Å². The molecule has 0 unspecified atom stereocenters. The summed E-state index contributed by atoms with van der Waals surface area (Å²) in [5.74, 6) is 0.844. The Hall–Kier alpha value is -3.27. The molecular weight excluding hydrogens is 413 g/mol. The molecule has 4 rings (SSSR count). The number of rotatable bonds is 5. The van der Waals surface area contributed by atoms with Gasteiger partial charge in [0.15, 0.2) is 0 Å². The van der Waals surface area contributed by atoms with Crippen LogP contribution < -0.4 is 10.2 Å². The molecule has 0 radical (unpaired) electrons. The van der Waals surface area contributed by atoms with Gasteiger partial charge in [0, 0.05) is 24.2 Å². The van der Waals surface area contributed by atoms with E-state index >= 15 is 0 Å². The average molecular weight is 432 g/mol. The summed E-state index contributed by atoms with van der Waals surface area (Å²) < 4.78 is 15.3. The Labute approximate surface area is 176 Å². The SMILES string of the molecule is Cc1nnc(N2CCC(Nc3ncc(F)cc3[N+](=O)[O-])CC2)n1-c1ccc(Cl)cc1. The van der Waals surface area contributed by atoms with Gasteiger partial charge in [0.25, 0.3) is 0 Å². The van der Waals surface area contributed by atoms with Crippen molar-refractivity contribution in [2.24, 2.45) is 0 Å². The second-order valence-electron chi connectivity index (χ2n) is 7.04. The summed E-state index contributed by atoms with van der Waals surface area (Å²) in [6.45, 7) is 3.25. The predicted octanol–water partition coefficient (Wildman–Crippen LogP) is 3.75. The van der Waals surface area contributed by atoms with Crippen molar-refractivity contribution in [1.82, 2.24) is 19.7 Å². The van der Waals surface area contributed by atoms with Gasteiger partial charge >= 0.3 is 5.69 Å². The second-order valence-corrected chi connectivity index (χ2v) is 7.48. The van der Waals surface area contributed by atoms with Crippen LogP contribution in [0.5, 0.6) is 0 Å². The maximum atomic E-state index is 13.3. The van der Waals surface area contributed by atoms with E-state index in [4.69, 9.17) is 11.6 Å². The van der Waals surface area contributed by atoms with E-state index < -0.39 is 10.7 Å². The molecule has 11 heteroatoms. The lowest BCUT2D eigenvalue weighted by Gasteiger charge is -2.33. The van der Waals surface area contributed by atoms with Gasteiger partial charge in [-0.3, -0.25) is 14.7 Å². The average Bonchev–Trinajstić information content (AvgIpc) is 3.12. The summed E-state index contributed by atoms with van der Waals surface area (Å²) in [5, 5.41) is 23.5. The molecule has 30 heavy (non-hydrogen) atoms. The van der Waals surface area contributed by atoms with Gasteiger partial charge in [-0.2, -0.15) is 0 Å². The highest BCUT2D eigenvalue weighted by Crippen LogP contribution is 2.27. The first-order valence-corrected chi connectivity index (χ1v) is 9.79. The Bertz CT molecular complexity index is 1070. The van der Waals surface area contributed by atoms with Crippen molar-refractivity contribution in [3.8, 4) is 5.69 Å². The molecule has 156 valence electrons. The number of hydrogen-bond donors (Lipinski definition) is 1. The summed E-state index contributed by atoms with van der Waals surface area (Å²) in [5.41, 5.74) is 0.554. The van der Waals surface area contributed by atoms with Crippen molar-refractivity contribution in [1.29, 1.82) is 0 Å². The Balaban J connectivity index is 1.47. The van der Waals surface area contributed by atoms with Crippen LogP contribution in [0.4, 0.5) is 21.8 Å². The molecule has 1 aliphatic rings. The van der Waals surface area contributed by atoms with Crippen LogP contribution in [-0.2, 0) is 0 Å². The Morgan fingerprint density at radius 2 is 1.93 bits per heavy atom. The zero-order chi connectivity index (χ0) is 21.3. The third kappa shape index (κ3) is 4.04. The number of hydrogen-bond acceptors (Lipinski definition) is 7. The molecule has 0 spiro atoms. The number of nitrogens with zero attached hydrogens (tertiary/aromatic N) is 6. The molecule has 1 aliphatic heterocycles. The normalized spacial score (nSPS) is 14.7. The van der Waals surface area contributed by atoms with Crippen LogP contribution in [0.1, 0.15) is 18.7 Å². The lowest BCUT2D eigenvalue weighted by Crippen LogP contribution is -2.40. The number of aromatic nitrogens is 4. The fourth-order valence-electron chi connectivity index (χ4n) is 3.54. The number of nitrogens with one attached hydrogen (secondary N) is 1. The third-order valence-corrected chi connectivity index (χ3v) is 5.29. The van der Waals surface area contributed by atoms with Crippen LogP contribution in [0.2, 0.25) is 5.02 Å². The molecule has 0 atom stereocenters. The molecular formula is C19H19ClFN7O2. The van der Waals surface area contributed by atoms with Crippen molar-refractivity contribution in [3.63, 3.8) is 0 Å². The second kappa shape index (κ2) is 8.23. The first kappa shape index (κ1) is 20.0. The van der Waals surface area contributed by atoms with Gasteiger partial charge in [0.05, 0.1) is 22.9 Å². The van der Waals surface area contributed by atoms with E-state index in [2.05, 4.69) is 25.4 Å². The quantitative estimate of drug-likeness (QED) is 0.484. The minimum Gasteiger partial charge on any atom is -0.361 e. The molecule has 3 aromatic rings. The Morgan fingerprint density at radius 1 is 1.23 bits per heavy atom. The zero-order valence-electron chi connectivity index (χ0n) is 16.1. The lowest BCUT2D eigenvalue weighted by molar-refractivity contribution is -0.384. The fourth-order valence-corrected chi connectivity index (χ4v) is 3.67. The monoisotopic (exact) mass is 431 g/mol. The third-order valence-electron chi connectivity index (χ3n) is 5.04. The van der Waals surface area contributed by atoms with Crippen molar-refractivity contribution >= 4 is 29.1 Å². The molecule has 0 saturated carbocycles. The van der Waals surface area contributed by atoms with Gasteiger partial charge in [-0.15, -0.1) is 10.2 Å². The highest BCUT2D eigenvalue weighted by atomic mass is 35.5. The van der Waals surface area contributed by atoms with Crippen LogP contribution in [-0.4, -0.2) is 43.8 Å². The van der Waals surface area contributed by atoms with Gasteiger partial charge in [-0.25, -0.2) is 9.37 Å². The van der Waals surface area contributed by atoms with Crippen LogP contribution in [0.3, 0.4) is 0 Å². The number of halogens is 2. The fraction of sp³-hybridized carbons (Fsp3) is 0.316. The first-order chi connectivity index (χ1) is 14.4. The summed E-state index contributed by atoms with van der Waals surface area (Å²) in [6, 6.07) is 8.32. The summed E-state index contributed by atoms with van der Waals surface area (Å²) in [7, 11) is 0. The van der Waals surface area contributed by atoms with Gasteiger partial charge in [0.2, 0.25) is 11.8 Å². The van der Waals surface area contributed by atoms with Crippen molar-refractivity contribution in [3.05, 3.63) is 63.3 Å². The minimum absolute atomic E-state index is 0.0223. The van der Waals surface area contributed by atoms with E-state index in [0.29, 0.717) is 31.0 Å². The van der Waals surface area contributed by atoms with Crippen LogP contribution in [0.15, 0.2) is 36.5 Å². The molecule has 0 aliphatic carbocycles. The molecule has 9 nitrogen and oxygen atoms in total. The topological polar surface area (TPSA) is 102 Å². The highest BCUT2D eigenvalue weighted by molar-refractivity contribution is 6.30.